The average Bonchev–Trinajstić information content (AvgIpc) is 3.11. The minimum absolute atomic E-state index is 0.0339. The maximum atomic E-state index is 12.2. The van der Waals surface area contributed by atoms with Crippen molar-refractivity contribution in [1.82, 2.24) is 20.8 Å². The number of amides is 1. The molecule has 2 heterocycles. The summed E-state index contributed by atoms with van der Waals surface area (Å²) in [7, 11) is 0. The second-order valence-electron chi connectivity index (χ2n) is 7.35. The molecule has 0 bridgehead atoms. The van der Waals surface area contributed by atoms with Crippen molar-refractivity contribution in [2.75, 3.05) is 6.54 Å². The van der Waals surface area contributed by atoms with Crippen LogP contribution >= 0.6 is 0 Å². The number of benzene rings is 1. The summed E-state index contributed by atoms with van der Waals surface area (Å²) in [6, 6.07) is 8.71. The van der Waals surface area contributed by atoms with Crippen molar-refractivity contribution in [3.63, 3.8) is 0 Å². The number of carbonyl (C=O) groups excluding carboxylic acids is 1. The molecule has 1 amide bonds. The van der Waals surface area contributed by atoms with E-state index in [-0.39, 0.29) is 11.9 Å². The first-order chi connectivity index (χ1) is 12.5. The van der Waals surface area contributed by atoms with Crippen LogP contribution in [-0.2, 0) is 11.2 Å². The first kappa shape index (κ1) is 18.6. The number of aromatic nitrogens is 2. The summed E-state index contributed by atoms with van der Waals surface area (Å²) < 4.78 is 5.30. The first-order valence-electron chi connectivity index (χ1n) is 9.48. The molecule has 6 nitrogen and oxygen atoms in total. The van der Waals surface area contributed by atoms with Crippen LogP contribution in [-0.4, -0.2) is 34.7 Å². The predicted octanol–water partition coefficient (Wildman–Crippen LogP) is 3.05. The highest BCUT2D eigenvalue weighted by atomic mass is 16.5. The molecule has 1 aromatic carbocycles. The van der Waals surface area contributed by atoms with E-state index in [9.17, 15) is 4.79 Å². The topological polar surface area (TPSA) is 80.0 Å². The van der Waals surface area contributed by atoms with Gasteiger partial charge < -0.3 is 15.2 Å². The second kappa shape index (κ2) is 8.45. The summed E-state index contributed by atoms with van der Waals surface area (Å²) in [6.07, 6.45) is 2.93. The van der Waals surface area contributed by atoms with Crippen LogP contribution in [0.1, 0.15) is 57.4 Å². The molecule has 140 valence electrons. The highest BCUT2D eigenvalue weighted by Gasteiger charge is 2.22. The van der Waals surface area contributed by atoms with Gasteiger partial charge in [0.15, 0.2) is 0 Å². The monoisotopic (exact) mass is 356 g/mol. The molecule has 1 fully saturated rings. The van der Waals surface area contributed by atoms with Gasteiger partial charge in [-0.05, 0) is 37.8 Å². The van der Waals surface area contributed by atoms with Crippen molar-refractivity contribution in [2.45, 2.75) is 64.5 Å². The highest BCUT2D eigenvalue weighted by molar-refractivity contribution is 5.76. The van der Waals surface area contributed by atoms with Gasteiger partial charge in [0.25, 0.3) is 0 Å². The number of nitrogens with one attached hydrogen (secondary N) is 2. The normalized spacial score (nSPS) is 20.3. The number of hydrogen-bond donors (Lipinski definition) is 2. The van der Waals surface area contributed by atoms with Crippen LogP contribution in [0.2, 0.25) is 0 Å². The van der Waals surface area contributed by atoms with E-state index in [1.807, 2.05) is 12.1 Å². The quantitative estimate of drug-likeness (QED) is 0.831. The molecule has 2 aromatic rings. The molecule has 2 N–H and O–H groups in total. The lowest BCUT2D eigenvalue weighted by Gasteiger charge is -2.30. The number of hydrogen-bond acceptors (Lipinski definition) is 5. The SMILES string of the molecule is CC(C)c1ccc(-c2noc(CCC(=O)NC3CCCNC3C)n2)cc1. The fourth-order valence-electron chi connectivity index (χ4n) is 3.23. The molecule has 1 aliphatic rings. The molecule has 1 saturated heterocycles. The van der Waals surface area contributed by atoms with Crippen molar-refractivity contribution in [3.05, 3.63) is 35.7 Å². The van der Waals surface area contributed by atoms with Crippen LogP contribution in [0.15, 0.2) is 28.8 Å². The van der Waals surface area contributed by atoms with Gasteiger partial charge in [0.1, 0.15) is 0 Å². The van der Waals surface area contributed by atoms with E-state index in [1.54, 1.807) is 0 Å². The fraction of sp³-hybridized carbons (Fsp3) is 0.550. The van der Waals surface area contributed by atoms with Crippen molar-refractivity contribution in [1.29, 1.82) is 0 Å². The van der Waals surface area contributed by atoms with Crippen LogP contribution < -0.4 is 10.6 Å². The van der Waals surface area contributed by atoms with E-state index in [0.29, 0.717) is 36.5 Å². The van der Waals surface area contributed by atoms with E-state index in [1.165, 1.54) is 5.56 Å². The summed E-state index contributed by atoms with van der Waals surface area (Å²) in [4.78, 5) is 16.6. The molecule has 0 saturated carbocycles. The van der Waals surface area contributed by atoms with Crippen LogP contribution in [0.3, 0.4) is 0 Å². The second-order valence-corrected chi connectivity index (χ2v) is 7.35. The molecule has 0 aliphatic carbocycles. The molecule has 6 heteroatoms. The van der Waals surface area contributed by atoms with E-state index < -0.39 is 0 Å². The summed E-state index contributed by atoms with van der Waals surface area (Å²) in [5.74, 6) is 1.59. The van der Waals surface area contributed by atoms with Gasteiger partial charge in [0.2, 0.25) is 17.6 Å². The molecule has 1 aromatic heterocycles. The summed E-state index contributed by atoms with van der Waals surface area (Å²) in [5, 5.41) is 10.5. The third-order valence-electron chi connectivity index (χ3n) is 4.98. The van der Waals surface area contributed by atoms with Crippen molar-refractivity contribution in [3.8, 4) is 11.4 Å². The Balaban J connectivity index is 1.52. The third-order valence-corrected chi connectivity index (χ3v) is 4.98. The first-order valence-corrected chi connectivity index (χ1v) is 9.48. The average molecular weight is 356 g/mol. The smallest absolute Gasteiger partial charge is 0.227 e. The standard InChI is InChI=1S/C20H28N4O2/c1-13(2)15-6-8-16(9-7-15)20-23-19(26-24-20)11-10-18(25)22-17-5-4-12-21-14(17)3/h6-9,13-14,17,21H,4-5,10-12H2,1-3H3,(H,22,25). The number of nitrogens with zero attached hydrogens (tertiary/aromatic N) is 2. The summed E-state index contributed by atoms with van der Waals surface area (Å²) in [6.45, 7) is 7.46. The van der Waals surface area contributed by atoms with E-state index in [4.69, 9.17) is 4.52 Å². The summed E-state index contributed by atoms with van der Waals surface area (Å²) >= 11 is 0. The number of rotatable bonds is 6. The van der Waals surface area contributed by atoms with Crippen LogP contribution in [0.5, 0.6) is 0 Å². The molecule has 2 atom stereocenters. The van der Waals surface area contributed by atoms with Crippen molar-refractivity contribution >= 4 is 5.91 Å². The third kappa shape index (κ3) is 4.69. The van der Waals surface area contributed by atoms with Crippen LogP contribution in [0, 0.1) is 0 Å². The number of piperidine rings is 1. The van der Waals surface area contributed by atoms with Crippen molar-refractivity contribution < 1.29 is 9.32 Å². The molecular weight excluding hydrogens is 328 g/mol. The lowest BCUT2D eigenvalue weighted by molar-refractivity contribution is -0.122. The Morgan fingerprint density at radius 3 is 2.81 bits per heavy atom. The van der Waals surface area contributed by atoms with Crippen molar-refractivity contribution in [2.24, 2.45) is 0 Å². The molecule has 26 heavy (non-hydrogen) atoms. The zero-order valence-electron chi connectivity index (χ0n) is 15.8. The zero-order valence-corrected chi connectivity index (χ0v) is 15.8. The fourth-order valence-corrected chi connectivity index (χ4v) is 3.23. The Bertz CT molecular complexity index is 724. The van der Waals surface area contributed by atoms with E-state index >= 15 is 0 Å². The minimum atomic E-state index is 0.0339. The van der Waals surface area contributed by atoms with Gasteiger partial charge in [0.05, 0.1) is 0 Å². The van der Waals surface area contributed by atoms with Gasteiger partial charge in [-0.3, -0.25) is 4.79 Å². The van der Waals surface area contributed by atoms with Gasteiger partial charge in [-0.25, -0.2) is 0 Å². The molecular formula is C20H28N4O2. The zero-order chi connectivity index (χ0) is 18.5. The van der Waals surface area contributed by atoms with Crippen LogP contribution in [0.25, 0.3) is 11.4 Å². The van der Waals surface area contributed by atoms with Crippen LogP contribution in [0.4, 0.5) is 0 Å². The molecule has 0 spiro atoms. The lowest BCUT2D eigenvalue weighted by Crippen LogP contribution is -2.51. The Hall–Kier alpha value is -2.21. The Kier molecular flexibility index (Phi) is 6.04. The minimum Gasteiger partial charge on any atom is -0.352 e. The highest BCUT2D eigenvalue weighted by Crippen LogP contribution is 2.20. The van der Waals surface area contributed by atoms with Gasteiger partial charge >= 0.3 is 0 Å². The number of carbonyl (C=O) groups is 1. The van der Waals surface area contributed by atoms with Gasteiger partial charge in [0, 0.05) is 30.5 Å². The number of aryl methyl sites for hydroxylation is 1. The molecule has 1 aliphatic heterocycles. The maximum absolute atomic E-state index is 12.2. The molecule has 3 rings (SSSR count). The van der Waals surface area contributed by atoms with E-state index in [0.717, 1.165) is 24.9 Å². The largest absolute Gasteiger partial charge is 0.352 e. The molecule has 2 unspecified atom stereocenters. The van der Waals surface area contributed by atoms with Gasteiger partial charge in [-0.15, -0.1) is 0 Å². The predicted molar refractivity (Wildman–Crippen MR) is 101 cm³/mol. The van der Waals surface area contributed by atoms with Gasteiger partial charge in [-0.2, -0.15) is 4.98 Å². The van der Waals surface area contributed by atoms with Gasteiger partial charge in [-0.1, -0.05) is 43.3 Å². The van der Waals surface area contributed by atoms with E-state index in [2.05, 4.69) is 53.7 Å². The summed E-state index contributed by atoms with van der Waals surface area (Å²) in [5.41, 5.74) is 2.21. The molecule has 0 radical (unpaired) electrons. The lowest BCUT2D eigenvalue weighted by atomic mass is 10.00. The Labute approximate surface area is 154 Å². The Morgan fingerprint density at radius 2 is 2.12 bits per heavy atom. The Morgan fingerprint density at radius 1 is 1.35 bits per heavy atom. The maximum Gasteiger partial charge on any atom is 0.227 e.